The van der Waals surface area contributed by atoms with Crippen molar-refractivity contribution in [2.75, 3.05) is 6.54 Å². The number of hydrogen-bond donors (Lipinski definition) is 1. The fourth-order valence-electron chi connectivity index (χ4n) is 2.38. The molecule has 1 saturated heterocycles. The topological polar surface area (TPSA) is 12.0 Å². The number of piperidine rings is 1. The minimum absolute atomic E-state index is 0.781. The Hall–Kier alpha value is -0.0400. The molecule has 2 rings (SSSR count). The average Bonchev–Trinajstić information content (AvgIpc) is 2.84. The number of hydrogen-bond acceptors (Lipinski definition) is 1. The molecule has 0 aromatic rings. The lowest BCUT2D eigenvalue weighted by Gasteiger charge is -2.27. The van der Waals surface area contributed by atoms with Crippen LogP contribution in [-0.4, -0.2) is 12.6 Å². The summed E-state index contributed by atoms with van der Waals surface area (Å²) >= 11 is 0. The summed E-state index contributed by atoms with van der Waals surface area (Å²) in [4.78, 5) is 0. The van der Waals surface area contributed by atoms with E-state index in [1.807, 2.05) is 0 Å². The summed E-state index contributed by atoms with van der Waals surface area (Å²) in [5.41, 5.74) is 0. The summed E-state index contributed by atoms with van der Waals surface area (Å²) in [6.07, 6.45) is 8.94. The van der Waals surface area contributed by atoms with Gasteiger partial charge in [0, 0.05) is 6.04 Å². The van der Waals surface area contributed by atoms with Crippen LogP contribution in [0, 0.1) is 11.8 Å². The van der Waals surface area contributed by atoms with Crippen molar-refractivity contribution in [3.63, 3.8) is 0 Å². The summed E-state index contributed by atoms with van der Waals surface area (Å²) in [5, 5.41) is 3.52. The molecule has 70 valence electrons. The van der Waals surface area contributed by atoms with Crippen molar-refractivity contribution in [2.45, 2.75) is 51.5 Å². The summed E-state index contributed by atoms with van der Waals surface area (Å²) in [7, 11) is 0. The van der Waals surface area contributed by atoms with Crippen LogP contribution in [0.5, 0.6) is 0 Å². The highest BCUT2D eigenvalue weighted by atomic mass is 14.9. The van der Waals surface area contributed by atoms with Crippen molar-refractivity contribution in [1.82, 2.24) is 5.32 Å². The first-order chi connectivity index (χ1) is 5.84. The monoisotopic (exact) mass is 167 g/mol. The van der Waals surface area contributed by atoms with Crippen LogP contribution in [0.1, 0.15) is 45.4 Å². The van der Waals surface area contributed by atoms with E-state index in [1.54, 1.807) is 0 Å². The van der Waals surface area contributed by atoms with Gasteiger partial charge in [0.2, 0.25) is 0 Å². The predicted molar refractivity (Wildman–Crippen MR) is 52.1 cm³/mol. The van der Waals surface area contributed by atoms with E-state index < -0.39 is 0 Å². The molecular weight excluding hydrogens is 146 g/mol. The Kier molecular flexibility index (Phi) is 2.69. The molecule has 1 heterocycles. The molecule has 2 aliphatic rings. The molecule has 1 aliphatic heterocycles. The Morgan fingerprint density at radius 2 is 1.83 bits per heavy atom. The molecule has 0 amide bonds. The zero-order valence-corrected chi connectivity index (χ0v) is 8.18. The molecule has 2 unspecified atom stereocenters. The quantitative estimate of drug-likeness (QED) is 0.681. The van der Waals surface area contributed by atoms with E-state index in [1.165, 1.54) is 45.1 Å². The van der Waals surface area contributed by atoms with Gasteiger partial charge in [-0.15, -0.1) is 0 Å². The summed E-state index contributed by atoms with van der Waals surface area (Å²) in [5.74, 6) is 2.18. The highest BCUT2D eigenvalue weighted by molar-refractivity contribution is 4.79. The summed E-state index contributed by atoms with van der Waals surface area (Å²) in [6.45, 7) is 3.58. The first-order valence-corrected chi connectivity index (χ1v) is 5.58. The number of nitrogens with one attached hydrogen (secondary N) is 1. The Labute approximate surface area is 75.9 Å². The lowest BCUT2D eigenvalue weighted by molar-refractivity contribution is 0.292. The van der Waals surface area contributed by atoms with Crippen molar-refractivity contribution < 1.29 is 0 Å². The van der Waals surface area contributed by atoms with E-state index in [0.717, 1.165) is 17.9 Å². The molecule has 2 atom stereocenters. The second kappa shape index (κ2) is 3.78. The fourth-order valence-corrected chi connectivity index (χ4v) is 2.38. The predicted octanol–water partition coefficient (Wildman–Crippen LogP) is 2.56. The maximum Gasteiger partial charge on any atom is 0.00413 e. The zero-order chi connectivity index (χ0) is 8.39. The van der Waals surface area contributed by atoms with Gasteiger partial charge in [-0.2, -0.15) is 0 Å². The first kappa shape index (κ1) is 8.55. The summed E-state index contributed by atoms with van der Waals surface area (Å²) < 4.78 is 0. The molecule has 1 aliphatic carbocycles. The van der Waals surface area contributed by atoms with Gasteiger partial charge in [-0.05, 0) is 38.1 Å². The molecule has 1 nitrogen and oxygen atoms in total. The normalized spacial score (nSPS) is 36.8. The van der Waals surface area contributed by atoms with Crippen molar-refractivity contribution in [3.05, 3.63) is 0 Å². The Morgan fingerprint density at radius 1 is 1.08 bits per heavy atom. The van der Waals surface area contributed by atoms with Crippen molar-refractivity contribution >= 4 is 0 Å². The first-order valence-electron chi connectivity index (χ1n) is 5.58. The molecule has 0 spiro atoms. The Balaban J connectivity index is 1.64. The SMILES string of the molecule is CC1CC(CCC2CC2)CCN1. The van der Waals surface area contributed by atoms with E-state index in [4.69, 9.17) is 0 Å². The minimum atomic E-state index is 0.781. The third kappa shape index (κ3) is 2.48. The molecule has 0 radical (unpaired) electrons. The second-order valence-corrected chi connectivity index (χ2v) is 4.77. The standard InChI is InChI=1S/C11H21N/c1-9-8-11(6-7-12-9)5-4-10-2-3-10/h9-12H,2-8H2,1H3. The molecule has 1 N–H and O–H groups in total. The van der Waals surface area contributed by atoms with Gasteiger partial charge in [0.25, 0.3) is 0 Å². The lowest BCUT2D eigenvalue weighted by Crippen LogP contribution is -2.35. The molecule has 2 fully saturated rings. The van der Waals surface area contributed by atoms with Gasteiger partial charge in [0.05, 0.1) is 0 Å². The van der Waals surface area contributed by atoms with Gasteiger partial charge in [-0.1, -0.05) is 25.7 Å². The van der Waals surface area contributed by atoms with E-state index in [2.05, 4.69) is 12.2 Å². The highest BCUT2D eigenvalue weighted by Crippen LogP contribution is 2.36. The molecule has 1 heteroatoms. The van der Waals surface area contributed by atoms with Crippen molar-refractivity contribution in [1.29, 1.82) is 0 Å². The van der Waals surface area contributed by atoms with Crippen LogP contribution >= 0.6 is 0 Å². The average molecular weight is 167 g/mol. The number of rotatable bonds is 3. The van der Waals surface area contributed by atoms with Crippen LogP contribution in [0.3, 0.4) is 0 Å². The van der Waals surface area contributed by atoms with E-state index >= 15 is 0 Å². The minimum Gasteiger partial charge on any atom is -0.314 e. The van der Waals surface area contributed by atoms with Crippen LogP contribution in [-0.2, 0) is 0 Å². The third-order valence-electron chi connectivity index (χ3n) is 3.41. The van der Waals surface area contributed by atoms with Gasteiger partial charge < -0.3 is 5.32 Å². The van der Waals surface area contributed by atoms with Crippen molar-refractivity contribution in [3.8, 4) is 0 Å². The largest absolute Gasteiger partial charge is 0.314 e. The smallest absolute Gasteiger partial charge is 0.00413 e. The van der Waals surface area contributed by atoms with Crippen LogP contribution in [0.15, 0.2) is 0 Å². The van der Waals surface area contributed by atoms with E-state index in [9.17, 15) is 0 Å². The van der Waals surface area contributed by atoms with Crippen LogP contribution < -0.4 is 5.32 Å². The van der Waals surface area contributed by atoms with Crippen molar-refractivity contribution in [2.24, 2.45) is 11.8 Å². The maximum absolute atomic E-state index is 3.52. The van der Waals surface area contributed by atoms with Crippen LogP contribution in [0.25, 0.3) is 0 Å². The van der Waals surface area contributed by atoms with Crippen LogP contribution in [0.4, 0.5) is 0 Å². The molecule has 0 aromatic carbocycles. The molecule has 0 bridgehead atoms. The Morgan fingerprint density at radius 3 is 2.50 bits per heavy atom. The van der Waals surface area contributed by atoms with E-state index in [-0.39, 0.29) is 0 Å². The molecule has 1 saturated carbocycles. The maximum atomic E-state index is 3.52. The molecule has 0 aromatic heterocycles. The summed E-state index contributed by atoms with van der Waals surface area (Å²) in [6, 6.07) is 0.781. The lowest BCUT2D eigenvalue weighted by atomic mass is 9.89. The fraction of sp³-hybridized carbons (Fsp3) is 1.00. The van der Waals surface area contributed by atoms with Gasteiger partial charge in [-0.3, -0.25) is 0 Å². The Bertz CT molecular complexity index is 140. The van der Waals surface area contributed by atoms with Crippen LogP contribution in [0.2, 0.25) is 0 Å². The van der Waals surface area contributed by atoms with E-state index in [0.29, 0.717) is 0 Å². The van der Waals surface area contributed by atoms with Gasteiger partial charge in [-0.25, -0.2) is 0 Å². The third-order valence-corrected chi connectivity index (χ3v) is 3.41. The second-order valence-electron chi connectivity index (χ2n) is 4.77. The van der Waals surface area contributed by atoms with Gasteiger partial charge in [0.1, 0.15) is 0 Å². The highest BCUT2D eigenvalue weighted by Gasteiger charge is 2.24. The molecular formula is C11H21N. The molecule has 12 heavy (non-hydrogen) atoms. The zero-order valence-electron chi connectivity index (χ0n) is 8.18. The van der Waals surface area contributed by atoms with Gasteiger partial charge in [0.15, 0.2) is 0 Å². The van der Waals surface area contributed by atoms with Gasteiger partial charge >= 0.3 is 0 Å².